The van der Waals surface area contributed by atoms with Gasteiger partial charge in [-0.1, -0.05) is 24.3 Å². The van der Waals surface area contributed by atoms with Gasteiger partial charge in [-0.15, -0.1) is 0 Å². The number of carbonyl (C=O) groups is 2. The number of esters is 1. The Labute approximate surface area is 161 Å². The van der Waals surface area contributed by atoms with Crippen LogP contribution in [0, 0.1) is 0 Å². The summed E-state index contributed by atoms with van der Waals surface area (Å²) < 4.78 is 37.9. The van der Waals surface area contributed by atoms with Crippen molar-refractivity contribution in [2.45, 2.75) is 4.90 Å². The van der Waals surface area contributed by atoms with E-state index in [0.29, 0.717) is 5.39 Å². The molecule has 0 radical (unpaired) electrons. The summed E-state index contributed by atoms with van der Waals surface area (Å²) in [7, 11) is -3.35. The largest absolute Gasteiger partial charge is 0.466 e. The Morgan fingerprint density at radius 2 is 1.93 bits per heavy atom. The van der Waals surface area contributed by atoms with Crippen LogP contribution in [0.3, 0.4) is 0 Å². The van der Waals surface area contributed by atoms with Gasteiger partial charge in [0.25, 0.3) is 16.0 Å². The number of hydrogen-bond donors (Lipinski definition) is 3. The first-order chi connectivity index (χ1) is 13.3. The third-order valence-electron chi connectivity index (χ3n) is 4.36. The maximum atomic E-state index is 12.7. The first-order valence-corrected chi connectivity index (χ1v) is 9.69. The van der Waals surface area contributed by atoms with E-state index in [0.717, 1.165) is 0 Å². The molecule has 1 heterocycles. The van der Waals surface area contributed by atoms with Gasteiger partial charge in [-0.3, -0.25) is 9.35 Å². The predicted molar refractivity (Wildman–Crippen MR) is 100 cm³/mol. The topological polar surface area (TPSA) is 133 Å². The summed E-state index contributed by atoms with van der Waals surface area (Å²) in [4.78, 5) is 25.7. The van der Waals surface area contributed by atoms with Crippen LogP contribution in [-0.2, 0) is 24.4 Å². The van der Waals surface area contributed by atoms with Crippen LogP contribution in [0.4, 0.5) is 5.69 Å². The normalized spacial score (nSPS) is 14.7. The molecule has 148 valence electrons. The van der Waals surface area contributed by atoms with Gasteiger partial charge in [-0.05, 0) is 17.5 Å². The second-order valence-electron chi connectivity index (χ2n) is 6.06. The Bertz CT molecular complexity index is 1090. The number of aliphatic hydroxyl groups excluding tert-OH is 1. The van der Waals surface area contributed by atoms with Crippen molar-refractivity contribution in [3.63, 3.8) is 0 Å². The summed E-state index contributed by atoms with van der Waals surface area (Å²) in [5.74, 6) is -1.25. The van der Waals surface area contributed by atoms with Crippen LogP contribution in [0.25, 0.3) is 10.8 Å². The van der Waals surface area contributed by atoms with Crippen LogP contribution in [-0.4, -0.2) is 61.7 Å². The van der Waals surface area contributed by atoms with Crippen LogP contribution >= 0.6 is 0 Å². The van der Waals surface area contributed by atoms with E-state index in [4.69, 9.17) is 9.84 Å². The zero-order valence-corrected chi connectivity index (χ0v) is 15.7. The number of nitrogens with zero attached hydrogens (tertiary/aromatic N) is 1. The lowest BCUT2D eigenvalue weighted by molar-refractivity contribution is -0.136. The molecule has 0 spiro atoms. The number of carbonyl (C=O) groups excluding carboxylic acids is 2. The van der Waals surface area contributed by atoms with E-state index in [1.165, 1.54) is 30.2 Å². The highest BCUT2D eigenvalue weighted by Gasteiger charge is 2.34. The number of fused-ring (bicyclic) bond motifs is 1. The molecule has 3 rings (SSSR count). The average molecular weight is 406 g/mol. The number of anilines is 1. The predicted octanol–water partition coefficient (Wildman–Crippen LogP) is 0.760. The molecule has 28 heavy (non-hydrogen) atoms. The minimum absolute atomic E-state index is 0.0241. The van der Waals surface area contributed by atoms with E-state index in [-0.39, 0.29) is 46.9 Å². The van der Waals surface area contributed by atoms with Crippen LogP contribution in [0.5, 0.6) is 0 Å². The Kier molecular flexibility index (Phi) is 5.36. The number of amides is 1. The van der Waals surface area contributed by atoms with E-state index >= 15 is 0 Å². The molecule has 9 nitrogen and oxygen atoms in total. The van der Waals surface area contributed by atoms with Gasteiger partial charge in [0.2, 0.25) is 0 Å². The van der Waals surface area contributed by atoms with Crippen molar-refractivity contribution in [1.82, 2.24) is 4.90 Å². The third-order valence-corrected chi connectivity index (χ3v) is 5.25. The molecule has 0 aliphatic carbocycles. The molecule has 0 atom stereocenters. The van der Waals surface area contributed by atoms with Crippen LogP contribution in [0.1, 0.15) is 0 Å². The standard InChI is InChI=1S/C18H18N2O7S/c1-27-18(23)12-10-20(8-9-21)17(22)16(12)19-13-6-2-4-11-5-3-7-14(15(11)13)28(24,25)26/h2-7,19,21H,8-10H2,1H3,(H,24,25,26). The lowest BCUT2D eigenvalue weighted by Crippen LogP contribution is -2.31. The summed E-state index contributed by atoms with van der Waals surface area (Å²) in [6.45, 7) is -0.310. The SMILES string of the molecule is COC(=O)C1=C(Nc2cccc3cccc(S(=O)(=O)O)c23)C(=O)N(CCO)C1. The maximum Gasteiger partial charge on any atom is 0.337 e. The summed E-state index contributed by atoms with van der Waals surface area (Å²) in [6, 6.07) is 9.20. The average Bonchev–Trinajstić information content (AvgIpc) is 2.96. The lowest BCUT2D eigenvalue weighted by atomic mass is 10.1. The molecule has 0 aromatic heterocycles. The fourth-order valence-electron chi connectivity index (χ4n) is 3.11. The van der Waals surface area contributed by atoms with Gasteiger partial charge in [-0.25, -0.2) is 4.79 Å². The van der Waals surface area contributed by atoms with Gasteiger partial charge in [-0.2, -0.15) is 8.42 Å². The van der Waals surface area contributed by atoms with E-state index in [1.807, 2.05) is 0 Å². The van der Waals surface area contributed by atoms with E-state index in [2.05, 4.69) is 5.32 Å². The number of methoxy groups -OCH3 is 1. The number of nitrogens with one attached hydrogen (secondary N) is 1. The van der Waals surface area contributed by atoms with Gasteiger partial charge < -0.3 is 20.1 Å². The number of benzene rings is 2. The number of rotatable bonds is 6. The molecular formula is C18H18N2O7S. The second kappa shape index (κ2) is 7.58. The highest BCUT2D eigenvalue weighted by atomic mass is 32.2. The second-order valence-corrected chi connectivity index (χ2v) is 7.45. The zero-order valence-electron chi connectivity index (χ0n) is 14.9. The number of β-amino-alcohol motifs (C(OH)–C–C–N with tert-alkyl or cyclic N) is 1. The molecule has 1 amide bonds. The van der Waals surface area contributed by atoms with Crippen molar-refractivity contribution in [2.75, 3.05) is 32.1 Å². The highest BCUT2D eigenvalue weighted by Crippen LogP contribution is 2.32. The van der Waals surface area contributed by atoms with Crippen molar-refractivity contribution in [3.05, 3.63) is 47.7 Å². The Balaban J connectivity index is 2.15. The first-order valence-electron chi connectivity index (χ1n) is 8.25. The molecular weight excluding hydrogens is 388 g/mol. The van der Waals surface area contributed by atoms with Crippen molar-refractivity contribution < 1.29 is 32.4 Å². The molecule has 1 aliphatic rings. The summed E-state index contributed by atoms with van der Waals surface area (Å²) in [6.07, 6.45) is 0. The molecule has 10 heteroatoms. The smallest absolute Gasteiger partial charge is 0.337 e. The summed E-state index contributed by atoms with van der Waals surface area (Å²) in [5.41, 5.74) is 0.210. The monoisotopic (exact) mass is 406 g/mol. The molecule has 0 unspecified atom stereocenters. The van der Waals surface area contributed by atoms with Gasteiger partial charge in [0.1, 0.15) is 10.6 Å². The van der Waals surface area contributed by atoms with E-state index in [9.17, 15) is 22.6 Å². The van der Waals surface area contributed by atoms with E-state index < -0.39 is 22.0 Å². The molecule has 0 saturated heterocycles. The summed E-state index contributed by atoms with van der Waals surface area (Å²) in [5, 5.41) is 12.6. The van der Waals surface area contributed by atoms with Crippen molar-refractivity contribution in [3.8, 4) is 0 Å². The van der Waals surface area contributed by atoms with Gasteiger partial charge in [0.15, 0.2) is 0 Å². The quantitative estimate of drug-likeness (QED) is 0.473. The Morgan fingerprint density at radius 3 is 2.54 bits per heavy atom. The van der Waals surface area contributed by atoms with Crippen molar-refractivity contribution in [1.29, 1.82) is 0 Å². The molecule has 0 fully saturated rings. The molecule has 2 aromatic rings. The molecule has 1 aliphatic heterocycles. The minimum atomic E-state index is -4.53. The van der Waals surface area contributed by atoms with Crippen LogP contribution < -0.4 is 5.32 Å². The number of aliphatic hydroxyl groups is 1. The van der Waals surface area contributed by atoms with Gasteiger partial charge >= 0.3 is 5.97 Å². The third kappa shape index (κ3) is 3.57. The first kappa shape index (κ1) is 19.8. The van der Waals surface area contributed by atoms with Crippen LogP contribution in [0.2, 0.25) is 0 Å². The van der Waals surface area contributed by atoms with Crippen LogP contribution in [0.15, 0.2) is 52.6 Å². The fourth-order valence-corrected chi connectivity index (χ4v) is 3.85. The number of hydrogen-bond acceptors (Lipinski definition) is 7. The highest BCUT2D eigenvalue weighted by molar-refractivity contribution is 7.86. The Hall–Kier alpha value is -2.95. The maximum absolute atomic E-state index is 12.7. The van der Waals surface area contributed by atoms with E-state index in [1.54, 1.807) is 18.2 Å². The zero-order chi connectivity index (χ0) is 20.5. The minimum Gasteiger partial charge on any atom is -0.466 e. The molecule has 0 saturated carbocycles. The van der Waals surface area contributed by atoms with Crippen molar-refractivity contribution >= 4 is 38.5 Å². The van der Waals surface area contributed by atoms with Crippen molar-refractivity contribution in [2.24, 2.45) is 0 Å². The molecule has 0 bridgehead atoms. The van der Waals surface area contributed by atoms with Gasteiger partial charge in [0.05, 0.1) is 25.8 Å². The van der Waals surface area contributed by atoms with Gasteiger partial charge in [0, 0.05) is 17.6 Å². The summed E-state index contributed by atoms with van der Waals surface area (Å²) >= 11 is 0. The Morgan fingerprint density at radius 1 is 1.25 bits per heavy atom. The lowest BCUT2D eigenvalue weighted by Gasteiger charge is -2.16. The molecule has 2 aromatic carbocycles. The molecule has 3 N–H and O–H groups in total. The number of ether oxygens (including phenoxy) is 1. The fraction of sp³-hybridized carbons (Fsp3) is 0.222.